The number of carbonyl (C=O) groups excluding carboxylic acids is 1. The van der Waals surface area contributed by atoms with E-state index in [4.69, 9.17) is 9.15 Å². The molecule has 0 saturated carbocycles. The highest BCUT2D eigenvalue weighted by atomic mass is 16.5. The summed E-state index contributed by atoms with van der Waals surface area (Å²) in [6.45, 7) is 5.53. The van der Waals surface area contributed by atoms with Gasteiger partial charge in [-0.3, -0.25) is 4.79 Å². The third-order valence-electron chi connectivity index (χ3n) is 4.11. The van der Waals surface area contributed by atoms with Gasteiger partial charge in [-0.1, -0.05) is 13.8 Å². The maximum absolute atomic E-state index is 12.3. The summed E-state index contributed by atoms with van der Waals surface area (Å²) in [5.41, 5.74) is 0.922. The third kappa shape index (κ3) is 4.41. The number of aliphatic carboxylic acids is 1. The maximum Gasteiger partial charge on any atom is 0.336 e. The number of fused-ring (bicyclic) bond motifs is 1. The number of aryl methyl sites for hydroxylation is 1. The van der Waals surface area contributed by atoms with Crippen LogP contribution in [0.3, 0.4) is 0 Å². The van der Waals surface area contributed by atoms with E-state index in [2.05, 4.69) is 5.32 Å². The molecule has 0 bridgehead atoms. The normalized spacial score (nSPS) is 12.2. The first kappa shape index (κ1) is 19.5. The molecule has 2 N–H and O–H groups in total. The van der Waals surface area contributed by atoms with Gasteiger partial charge >= 0.3 is 11.6 Å². The van der Waals surface area contributed by atoms with E-state index in [0.717, 1.165) is 0 Å². The highest BCUT2D eigenvalue weighted by molar-refractivity contribution is 5.91. The standard InChI is InChI=1S/C19H23NO6/c1-10(2)7-14(19(23)24)20-16(21)8-12-9-17(22)26-18-11(3)15(25-4)6-5-13(12)18/h5-6,9-10,14H,7-8H2,1-4H3,(H,20,21)(H,23,24)/t14-/m0/s1. The average molecular weight is 361 g/mol. The number of methoxy groups -OCH3 is 1. The van der Waals surface area contributed by atoms with Crippen molar-refractivity contribution in [2.75, 3.05) is 7.11 Å². The first-order chi connectivity index (χ1) is 12.2. The fourth-order valence-electron chi connectivity index (χ4n) is 2.89. The quantitative estimate of drug-likeness (QED) is 0.733. The molecule has 2 aromatic rings. The monoisotopic (exact) mass is 361 g/mol. The summed E-state index contributed by atoms with van der Waals surface area (Å²) in [7, 11) is 1.52. The SMILES string of the molecule is COc1ccc2c(CC(=O)N[C@@H](CC(C)C)C(=O)O)cc(=O)oc2c1C. The van der Waals surface area contributed by atoms with Gasteiger partial charge in [0.2, 0.25) is 5.91 Å². The smallest absolute Gasteiger partial charge is 0.336 e. The highest BCUT2D eigenvalue weighted by Crippen LogP contribution is 2.28. The van der Waals surface area contributed by atoms with E-state index >= 15 is 0 Å². The van der Waals surface area contributed by atoms with Gasteiger partial charge in [0.25, 0.3) is 0 Å². The van der Waals surface area contributed by atoms with E-state index in [-0.39, 0.29) is 12.3 Å². The van der Waals surface area contributed by atoms with E-state index in [1.165, 1.54) is 13.2 Å². The molecule has 7 nitrogen and oxygen atoms in total. The molecule has 2 rings (SSSR count). The van der Waals surface area contributed by atoms with Crippen molar-refractivity contribution in [3.8, 4) is 5.75 Å². The Hall–Kier alpha value is -2.83. The first-order valence-corrected chi connectivity index (χ1v) is 8.35. The van der Waals surface area contributed by atoms with Gasteiger partial charge in [0, 0.05) is 17.0 Å². The summed E-state index contributed by atoms with van der Waals surface area (Å²) in [5, 5.41) is 12.4. The van der Waals surface area contributed by atoms with Crippen LogP contribution < -0.4 is 15.7 Å². The Morgan fingerprint density at radius 3 is 2.58 bits per heavy atom. The van der Waals surface area contributed by atoms with Gasteiger partial charge in [0.1, 0.15) is 17.4 Å². The average Bonchev–Trinajstić information content (AvgIpc) is 2.54. The van der Waals surface area contributed by atoms with Crippen LogP contribution in [0, 0.1) is 12.8 Å². The molecule has 1 aromatic carbocycles. The number of carbonyl (C=O) groups is 2. The number of amides is 1. The molecule has 0 fully saturated rings. The Kier molecular flexibility index (Phi) is 6.02. The van der Waals surface area contributed by atoms with Crippen molar-refractivity contribution >= 4 is 22.8 Å². The Labute approximate surface area is 151 Å². The summed E-state index contributed by atoms with van der Waals surface area (Å²) in [6.07, 6.45) is 0.213. The van der Waals surface area contributed by atoms with Crippen LogP contribution in [0.2, 0.25) is 0 Å². The molecule has 1 heterocycles. The fraction of sp³-hybridized carbons (Fsp3) is 0.421. The van der Waals surface area contributed by atoms with Crippen LogP contribution in [0.25, 0.3) is 11.0 Å². The predicted molar refractivity (Wildman–Crippen MR) is 96.5 cm³/mol. The van der Waals surface area contributed by atoms with Crippen LogP contribution in [-0.4, -0.2) is 30.1 Å². The van der Waals surface area contributed by atoms with Crippen molar-refractivity contribution in [3.05, 3.63) is 39.7 Å². The molecular weight excluding hydrogens is 338 g/mol. The molecule has 0 aliphatic carbocycles. The number of carboxylic acids is 1. The van der Waals surface area contributed by atoms with Gasteiger partial charge in [-0.2, -0.15) is 0 Å². The van der Waals surface area contributed by atoms with Crippen molar-refractivity contribution in [3.63, 3.8) is 0 Å². The van der Waals surface area contributed by atoms with Gasteiger partial charge in [-0.25, -0.2) is 9.59 Å². The molecule has 1 aromatic heterocycles. The topological polar surface area (TPSA) is 106 Å². The number of carboxylic acid groups (broad SMARTS) is 1. The number of hydrogen-bond donors (Lipinski definition) is 2. The second-order valence-corrected chi connectivity index (χ2v) is 6.62. The largest absolute Gasteiger partial charge is 0.496 e. The maximum atomic E-state index is 12.3. The fourth-order valence-corrected chi connectivity index (χ4v) is 2.89. The Bertz CT molecular complexity index is 883. The number of benzene rings is 1. The molecule has 1 amide bonds. The summed E-state index contributed by atoms with van der Waals surface area (Å²) >= 11 is 0. The minimum absolute atomic E-state index is 0.115. The van der Waals surface area contributed by atoms with Gasteiger partial charge in [-0.05, 0) is 37.0 Å². The lowest BCUT2D eigenvalue weighted by Crippen LogP contribution is -2.42. The molecule has 1 atom stereocenters. The molecule has 0 radical (unpaired) electrons. The van der Waals surface area contributed by atoms with Gasteiger partial charge in [0.05, 0.1) is 13.5 Å². The molecular formula is C19H23NO6. The van der Waals surface area contributed by atoms with E-state index in [9.17, 15) is 19.5 Å². The summed E-state index contributed by atoms with van der Waals surface area (Å²) in [5.74, 6) is -0.843. The Morgan fingerprint density at radius 2 is 2.00 bits per heavy atom. The second kappa shape index (κ2) is 8.03. The molecule has 0 spiro atoms. The van der Waals surface area contributed by atoms with Crippen LogP contribution in [0.1, 0.15) is 31.4 Å². The van der Waals surface area contributed by atoms with Crippen molar-refractivity contribution in [2.45, 2.75) is 39.7 Å². The Morgan fingerprint density at radius 1 is 1.31 bits per heavy atom. The number of nitrogens with one attached hydrogen (secondary N) is 1. The zero-order valence-corrected chi connectivity index (χ0v) is 15.3. The molecule has 7 heteroatoms. The Balaban J connectivity index is 2.33. The minimum Gasteiger partial charge on any atom is -0.496 e. The predicted octanol–water partition coefficient (Wildman–Crippen LogP) is 2.27. The van der Waals surface area contributed by atoms with Gasteiger partial charge in [0.15, 0.2) is 0 Å². The summed E-state index contributed by atoms with van der Waals surface area (Å²) in [6, 6.07) is 3.75. The first-order valence-electron chi connectivity index (χ1n) is 8.35. The van der Waals surface area contributed by atoms with Crippen LogP contribution in [0.5, 0.6) is 5.75 Å². The molecule has 0 aliphatic heterocycles. The van der Waals surface area contributed by atoms with Crippen LogP contribution in [0.4, 0.5) is 0 Å². The summed E-state index contributed by atoms with van der Waals surface area (Å²) < 4.78 is 10.5. The lowest BCUT2D eigenvalue weighted by Gasteiger charge is -2.17. The molecule has 0 saturated heterocycles. The molecule has 26 heavy (non-hydrogen) atoms. The number of hydrogen-bond acceptors (Lipinski definition) is 5. The van der Waals surface area contributed by atoms with Crippen LogP contribution in [-0.2, 0) is 16.0 Å². The summed E-state index contributed by atoms with van der Waals surface area (Å²) in [4.78, 5) is 35.5. The number of ether oxygens (including phenoxy) is 1. The van der Waals surface area contributed by atoms with E-state index < -0.39 is 23.5 Å². The number of rotatable bonds is 7. The third-order valence-corrected chi connectivity index (χ3v) is 4.11. The molecule has 140 valence electrons. The highest BCUT2D eigenvalue weighted by Gasteiger charge is 2.22. The minimum atomic E-state index is -1.08. The zero-order chi connectivity index (χ0) is 19.4. The van der Waals surface area contributed by atoms with Gasteiger partial charge < -0.3 is 19.6 Å². The van der Waals surface area contributed by atoms with Crippen molar-refractivity contribution in [2.24, 2.45) is 5.92 Å². The lowest BCUT2D eigenvalue weighted by atomic mass is 10.0. The van der Waals surface area contributed by atoms with E-state index in [0.29, 0.717) is 34.3 Å². The van der Waals surface area contributed by atoms with Gasteiger partial charge in [-0.15, -0.1) is 0 Å². The van der Waals surface area contributed by atoms with Crippen molar-refractivity contribution in [1.29, 1.82) is 0 Å². The van der Waals surface area contributed by atoms with Crippen LogP contribution >= 0.6 is 0 Å². The molecule has 0 unspecified atom stereocenters. The van der Waals surface area contributed by atoms with Crippen molar-refractivity contribution < 1.29 is 23.8 Å². The van der Waals surface area contributed by atoms with E-state index in [1.54, 1.807) is 19.1 Å². The van der Waals surface area contributed by atoms with Crippen LogP contribution in [0.15, 0.2) is 27.4 Å². The zero-order valence-electron chi connectivity index (χ0n) is 15.3. The molecule has 0 aliphatic rings. The second-order valence-electron chi connectivity index (χ2n) is 6.62. The lowest BCUT2D eigenvalue weighted by molar-refractivity contribution is -0.142. The van der Waals surface area contributed by atoms with E-state index in [1.807, 2.05) is 13.8 Å². The van der Waals surface area contributed by atoms with Crippen molar-refractivity contribution in [1.82, 2.24) is 5.32 Å².